The number of aromatic amines is 1. The first-order chi connectivity index (χ1) is 10.8. The number of nitrogens with one attached hydrogen (secondary N) is 1. The zero-order chi connectivity index (χ0) is 17.0. The van der Waals surface area contributed by atoms with Gasteiger partial charge >= 0.3 is 5.97 Å². The summed E-state index contributed by atoms with van der Waals surface area (Å²) in [7, 11) is -3.06. The highest BCUT2D eigenvalue weighted by Crippen LogP contribution is 2.18. The van der Waals surface area contributed by atoms with Gasteiger partial charge in [0.15, 0.2) is 15.9 Å². The van der Waals surface area contributed by atoms with E-state index in [4.69, 9.17) is 9.47 Å². The normalized spacial score (nSPS) is 18.3. The molecule has 1 aromatic rings. The molecule has 128 valence electrons. The average molecular weight is 345 g/mol. The van der Waals surface area contributed by atoms with Crippen LogP contribution in [0.4, 0.5) is 0 Å². The summed E-state index contributed by atoms with van der Waals surface area (Å²) < 4.78 is 33.1. The standard InChI is InChI=1S/C13H19N3O6S/c1-3-21-13(18)10-8-14-15-11(10)22-9(2)12(17)16-4-6-23(19,20)7-5-16/h8-9H,3-7H2,1-2H3,(H,14,15). The lowest BCUT2D eigenvalue weighted by Gasteiger charge is -2.29. The molecule has 9 nitrogen and oxygen atoms in total. The van der Waals surface area contributed by atoms with Gasteiger partial charge in [0.05, 0.1) is 24.3 Å². The maximum absolute atomic E-state index is 12.3. The predicted octanol–water partition coefficient (Wildman–Crippen LogP) is -0.389. The summed E-state index contributed by atoms with van der Waals surface area (Å²) in [6.45, 7) is 3.70. The molecule has 1 atom stereocenters. The van der Waals surface area contributed by atoms with E-state index in [1.165, 1.54) is 18.0 Å². The van der Waals surface area contributed by atoms with Crippen LogP contribution in [0.2, 0.25) is 0 Å². The Labute approximate surface area is 133 Å². The van der Waals surface area contributed by atoms with Crippen LogP contribution in [0.15, 0.2) is 6.20 Å². The highest BCUT2D eigenvalue weighted by atomic mass is 32.2. The first-order valence-corrected chi connectivity index (χ1v) is 9.02. The second kappa shape index (κ2) is 6.99. The van der Waals surface area contributed by atoms with Gasteiger partial charge in [-0.3, -0.25) is 4.79 Å². The van der Waals surface area contributed by atoms with Gasteiger partial charge in [-0.05, 0) is 13.8 Å². The van der Waals surface area contributed by atoms with Crippen LogP contribution < -0.4 is 4.74 Å². The molecule has 0 spiro atoms. The number of ether oxygens (including phenoxy) is 2. The molecule has 1 amide bonds. The molecule has 1 aromatic heterocycles. The van der Waals surface area contributed by atoms with E-state index in [0.29, 0.717) is 0 Å². The van der Waals surface area contributed by atoms with Crippen LogP contribution in [-0.2, 0) is 19.4 Å². The van der Waals surface area contributed by atoms with Gasteiger partial charge in [-0.15, -0.1) is 0 Å². The minimum absolute atomic E-state index is 0.0499. The summed E-state index contributed by atoms with van der Waals surface area (Å²) in [5, 5.41) is 6.22. The summed E-state index contributed by atoms with van der Waals surface area (Å²) in [6, 6.07) is 0. The van der Waals surface area contributed by atoms with Gasteiger partial charge in [0.1, 0.15) is 5.56 Å². The molecule has 0 radical (unpaired) electrons. The van der Waals surface area contributed by atoms with E-state index in [1.54, 1.807) is 6.92 Å². The minimum Gasteiger partial charge on any atom is -0.464 e. The molecule has 1 N–H and O–H groups in total. The number of carbonyl (C=O) groups excluding carboxylic acids is 2. The van der Waals surface area contributed by atoms with E-state index in [9.17, 15) is 18.0 Å². The number of hydrogen-bond donors (Lipinski definition) is 1. The molecule has 2 heterocycles. The third-order valence-electron chi connectivity index (χ3n) is 3.40. The van der Waals surface area contributed by atoms with E-state index >= 15 is 0 Å². The number of aromatic nitrogens is 2. The fourth-order valence-corrected chi connectivity index (χ4v) is 3.34. The molecule has 10 heteroatoms. The zero-order valence-corrected chi connectivity index (χ0v) is 13.8. The number of rotatable bonds is 5. The van der Waals surface area contributed by atoms with E-state index < -0.39 is 21.9 Å². The van der Waals surface area contributed by atoms with Crippen LogP contribution in [0.25, 0.3) is 0 Å². The third kappa shape index (κ3) is 4.21. The van der Waals surface area contributed by atoms with E-state index in [-0.39, 0.29) is 48.6 Å². The Kier molecular flexibility index (Phi) is 5.24. The number of amides is 1. The largest absolute Gasteiger partial charge is 0.464 e. The molecule has 2 rings (SSSR count). The molecular weight excluding hydrogens is 326 g/mol. The van der Waals surface area contributed by atoms with Gasteiger partial charge in [-0.25, -0.2) is 18.3 Å². The molecule has 23 heavy (non-hydrogen) atoms. The van der Waals surface area contributed by atoms with Gasteiger partial charge in [0.25, 0.3) is 5.91 Å². The van der Waals surface area contributed by atoms with E-state index in [0.717, 1.165) is 0 Å². The quantitative estimate of drug-likeness (QED) is 0.722. The van der Waals surface area contributed by atoms with Crippen molar-refractivity contribution in [3.05, 3.63) is 11.8 Å². The van der Waals surface area contributed by atoms with Crippen LogP contribution in [0.1, 0.15) is 24.2 Å². The second-order valence-electron chi connectivity index (χ2n) is 5.07. The fourth-order valence-electron chi connectivity index (χ4n) is 2.14. The summed E-state index contributed by atoms with van der Waals surface area (Å²) in [5.74, 6) is -0.995. The molecular formula is C13H19N3O6S. The molecule has 1 aliphatic rings. The smallest absolute Gasteiger partial charge is 0.345 e. The SMILES string of the molecule is CCOC(=O)c1cn[nH]c1OC(C)C(=O)N1CCS(=O)(=O)CC1. The predicted molar refractivity (Wildman–Crippen MR) is 79.9 cm³/mol. The topological polar surface area (TPSA) is 119 Å². The van der Waals surface area contributed by atoms with Crippen molar-refractivity contribution >= 4 is 21.7 Å². The molecule has 0 aromatic carbocycles. The average Bonchev–Trinajstić information content (AvgIpc) is 2.95. The molecule has 0 aliphatic carbocycles. The third-order valence-corrected chi connectivity index (χ3v) is 5.01. The zero-order valence-electron chi connectivity index (χ0n) is 12.9. The molecule has 1 saturated heterocycles. The maximum atomic E-state index is 12.3. The van der Waals surface area contributed by atoms with Crippen molar-refractivity contribution in [2.24, 2.45) is 0 Å². The summed E-state index contributed by atoms with van der Waals surface area (Å²) >= 11 is 0. The lowest BCUT2D eigenvalue weighted by Crippen LogP contribution is -2.48. The summed E-state index contributed by atoms with van der Waals surface area (Å²) in [5.41, 5.74) is 0.104. The Morgan fingerprint density at radius 2 is 2.04 bits per heavy atom. The molecule has 1 aliphatic heterocycles. The Bertz CT molecular complexity index is 670. The fraction of sp³-hybridized carbons (Fsp3) is 0.615. The van der Waals surface area contributed by atoms with Crippen LogP contribution in [0.3, 0.4) is 0 Å². The first kappa shape index (κ1) is 17.3. The lowest BCUT2D eigenvalue weighted by molar-refractivity contribution is -0.137. The molecule has 1 fully saturated rings. The Morgan fingerprint density at radius 1 is 1.39 bits per heavy atom. The van der Waals surface area contributed by atoms with Gasteiger partial charge in [-0.2, -0.15) is 5.10 Å². The Balaban J connectivity index is 1.99. The van der Waals surface area contributed by atoms with Gasteiger partial charge < -0.3 is 14.4 Å². The van der Waals surface area contributed by atoms with E-state index in [2.05, 4.69) is 10.2 Å². The number of hydrogen-bond acceptors (Lipinski definition) is 7. The number of H-pyrrole nitrogens is 1. The van der Waals surface area contributed by atoms with Gasteiger partial charge in [0.2, 0.25) is 5.88 Å². The van der Waals surface area contributed by atoms with Crippen molar-refractivity contribution in [1.82, 2.24) is 15.1 Å². The van der Waals surface area contributed by atoms with Crippen molar-refractivity contribution in [1.29, 1.82) is 0 Å². The van der Waals surface area contributed by atoms with Gasteiger partial charge in [-0.1, -0.05) is 0 Å². The van der Waals surface area contributed by atoms with Crippen LogP contribution >= 0.6 is 0 Å². The van der Waals surface area contributed by atoms with Gasteiger partial charge in [0, 0.05) is 13.1 Å². The summed E-state index contributed by atoms with van der Waals surface area (Å²) in [6.07, 6.45) is 0.377. The first-order valence-electron chi connectivity index (χ1n) is 7.20. The van der Waals surface area contributed by atoms with E-state index in [1.807, 2.05) is 0 Å². The lowest BCUT2D eigenvalue weighted by atomic mass is 10.3. The minimum atomic E-state index is -3.06. The molecule has 1 unspecified atom stereocenters. The number of nitrogens with zero attached hydrogens (tertiary/aromatic N) is 2. The van der Waals surface area contributed by atoms with Crippen LogP contribution in [0.5, 0.6) is 5.88 Å². The molecule has 0 saturated carbocycles. The number of carbonyl (C=O) groups is 2. The second-order valence-corrected chi connectivity index (χ2v) is 7.37. The van der Waals surface area contributed by atoms with Crippen molar-refractivity contribution in [3.8, 4) is 5.88 Å². The highest BCUT2D eigenvalue weighted by molar-refractivity contribution is 7.91. The van der Waals surface area contributed by atoms with Crippen molar-refractivity contribution in [2.45, 2.75) is 20.0 Å². The van der Waals surface area contributed by atoms with Crippen molar-refractivity contribution in [3.63, 3.8) is 0 Å². The summed E-state index contributed by atoms with van der Waals surface area (Å²) in [4.78, 5) is 25.5. The van der Waals surface area contributed by atoms with Crippen LogP contribution in [-0.4, -0.2) is 72.7 Å². The monoisotopic (exact) mass is 345 g/mol. The Hall–Kier alpha value is -2.10. The number of sulfone groups is 1. The van der Waals surface area contributed by atoms with Crippen molar-refractivity contribution < 1.29 is 27.5 Å². The maximum Gasteiger partial charge on any atom is 0.345 e. The Morgan fingerprint density at radius 3 is 2.65 bits per heavy atom. The van der Waals surface area contributed by atoms with Crippen LogP contribution in [0, 0.1) is 0 Å². The van der Waals surface area contributed by atoms with Crippen molar-refractivity contribution in [2.75, 3.05) is 31.2 Å². The molecule has 0 bridgehead atoms. The number of esters is 1. The highest BCUT2D eigenvalue weighted by Gasteiger charge is 2.30.